The van der Waals surface area contributed by atoms with Gasteiger partial charge >= 0.3 is 0 Å². The molecule has 1 saturated heterocycles. The lowest BCUT2D eigenvalue weighted by Gasteiger charge is -2.29. The van der Waals surface area contributed by atoms with Crippen molar-refractivity contribution in [3.63, 3.8) is 0 Å². The predicted octanol–water partition coefficient (Wildman–Crippen LogP) is -0.729. The van der Waals surface area contributed by atoms with Crippen molar-refractivity contribution in [1.29, 1.82) is 0 Å². The molecule has 2 rings (SSSR count). The van der Waals surface area contributed by atoms with Gasteiger partial charge in [0.15, 0.2) is 0 Å². The first-order chi connectivity index (χ1) is 10.3. The third kappa shape index (κ3) is 3.00. The summed E-state index contributed by atoms with van der Waals surface area (Å²) >= 11 is 0. The number of hydrogen-bond donors (Lipinski definition) is 2. The zero-order valence-electron chi connectivity index (χ0n) is 12.6. The third-order valence-electron chi connectivity index (χ3n) is 3.94. The first-order valence-corrected chi connectivity index (χ1v) is 8.39. The molecule has 9 heteroatoms. The van der Waals surface area contributed by atoms with E-state index in [0.717, 1.165) is 0 Å². The van der Waals surface area contributed by atoms with Crippen molar-refractivity contribution in [2.45, 2.75) is 17.7 Å². The van der Waals surface area contributed by atoms with Crippen molar-refractivity contribution in [3.05, 3.63) is 18.0 Å². The minimum absolute atomic E-state index is 0.0437. The van der Waals surface area contributed by atoms with E-state index >= 15 is 0 Å². The highest BCUT2D eigenvalue weighted by Gasteiger charge is 2.32. The van der Waals surface area contributed by atoms with Crippen LogP contribution < -0.4 is 11.1 Å². The Kier molecular flexibility index (Phi) is 4.57. The average Bonchev–Trinajstić information content (AvgIpc) is 2.89. The molecule has 2 amide bonds. The Balaban J connectivity index is 2.17. The molecule has 0 saturated carbocycles. The summed E-state index contributed by atoms with van der Waals surface area (Å²) in [6.45, 7) is 0.558. The van der Waals surface area contributed by atoms with Gasteiger partial charge in [0.25, 0.3) is 5.91 Å². The number of carbonyl (C=O) groups is 2. The van der Waals surface area contributed by atoms with Crippen LogP contribution in [0.4, 0.5) is 0 Å². The number of aryl methyl sites for hydroxylation is 1. The van der Waals surface area contributed by atoms with Crippen LogP contribution in [0.25, 0.3) is 0 Å². The van der Waals surface area contributed by atoms with Gasteiger partial charge in [0.05, 0.1) is 0 Å². The molecule has 0 bridgehead atoms. The highest BCUT2D eigenvalue weighted by atomic mass is 32.2. The van der Waals surface area contributed by atoms with Gasteiger partial charge in [0.2, 0.25) is 15.9 Å². The van der Waals surface area contributed by atoms with E-state index in [1.165, 1.54) is 21.1 Å². The molecule has 0 unspecified atom stereocenters. The van der Waals surface area contributed by atoms with Gasteiger partial charge in [-0.15, -0.1) is 0 Å². The van der Waals surface area contributed by atoms with E-state index in [9.17, 15) is 18.0 Å². The molecular weight excluding hydrogens is 308 g/mol. The van der Waals surface area contributed by atoms with Crippen molar-refractivity contribution in [3.8, 4) is 0 Å². The SMILES string of the molecule is CNC(=O)C1CCN(S(=O)(=O)c2cc(C(N)=O)n(C)c2)CC1. The molecule has 122 valence electrons. The molecule has 1 aliphatic heterocycles. The molecule has 1 fully saturated rings. The van der Waals surface area contributed by atoms with Gasteiger partial charge in [-0.1, -0.05) is 0 Å². The van der Waals surface area contributed by atoms with Crippen molar-refractivity contribution in [2.75, 3.05) is 20.1 Å². The zero-order valence-corrected chi connectivity index (χ0v) is 13.4. The van der Waals surface area contributed by atoms with E-state index in [2.05, 4.69) is 5.32 Å². The molecule has 8 nitrogen and oxygen atoms in total. The molecule has 3 N–H and O–H groups in total. The monoisotopic (exact) mass is 328 g/mol. The number of primary amides is 1. The Hall–Kier alpha value is -1.87. The van der Waals surface area contributed by atoms with Gasteiger partial charge in [-0.2, -0.15) is 4.31 Å². The van der Waals surface area contributed by atoms with Crippen molar-refractivity contribution in [1.82, 2.24) is 14.2 Å². The lowest BCUT2D eigenvalue weighted by molar-refractivity contribution is -0.125. The maximum absolute atomic E-state index is 12.6. The highest BCUT2D eigenvalue weighted by Crippen LogP contribution is 2.24. The fourth-order valence-electron chi connectivity index (χ4n) is 2.63. The quantitative estimate of drug-likeness (QED) is 0.758. The second-order valence-corrected chi connectivity index (χ2v) is 7.27. The molecule has 22 heavy (non-hydrogen) atoms. The van der Waals surface area contributed by atoms with Crippen LogP contribution in [0.5, 0.6) is 0 Å². The minimum Gasteiger partial charge on any atom is -0.364 e. The number of aromatic nitrogens is 1. The van der Waals surface area contributed by atoms with Gasteiger partial charge in [-0.25, -0.2) is 8.42 Å². The predicted molar refractivity (Wildman–Crippen MR) is 79.5 cm³/mol. The van der Waals surface area contributed by atoms with Gasteiger partial charge in [-0.05, 0) is 18.9 Å². The van der Waals surface area contributed by atoms with E-state index in [1.807, 2.05) is 0 Å². The summed E-state index contributed by atoms with van der Waals surface area (Å²) in [5.74, 6) is -0.900. The largest absolute Gasteiger partial charge is 0.364 e. The van der Waals surface area contributed by atoms with Crippen molar-refractivity contribution >= 4 is 21.8 Å². The normalized spacial score (nSPS) is 17.4. The van der Waals surface area contributed by atoms with Crippen LogP contribution in [0, 0.1) is 5.92 Å². The van der Waals surface area contributed by atoms with Crippen molar-refractivity contribution in [2.24, 2.45) is 18.7 Å². The zero-order chi connectivity index (χ0) is 16.5. The maximum atomic E-state index is 12.6. The van der Waals surface area contributed by atoms with Crippen LogP contribution >= 0.6 is 0 Å². The Labute approximate surface area is 129 Å². The number of hydrogen-bond acceptors (Lipinski definition) is 4. The average molecular weight is 328 g/mol. The molecule has 0 atom stereocenters. The molecule has 0 radical (unpaired) electrons. The fraction of sp³-hybridized carbons (Fsp3) is 0.538. The third-order valence-corrected chi connectivity index (χ3v) is 5.81. The Bertz CT molecular complexity index is 687. The van der Waals surface area contributed by atoms with Gasteiger partial charge in [-0.3, -0.25) is 9.59 Å². The first-order valence-electron chi connectivity index (χ1n) is 6.95. The molecule has 2 heterocycles. The van der Waals surface area contributed by atoms with Crippen LogP contribution in [0.1, 0.15) is 23.3 Å². The lowest BCUT2D eigenvalue weighted by atomic mass is 9.97. The number of carbonyl (C=O) groups excluding carboxylic acids is 2. The minimum atomic E-state index is -3.68. The second-order valence-electron chi connectivity index (χ2n) is 5.33. The smallest absolute Gasteiger partial charge is 0.265 e. The van der Waals surface area contributed by atoms with E-state index in [-0.39, 0.29) is 35.5 Å². The number of rotatable bonds is 4. The Morgan fingerprint density at radius 3 is 2.36 bits per heavy atom. The summed E-state index contributed by atoms with van der Waals surface area (Å²) in [5, 5.41) is 2.58. The number of sulfonamides is 1. The Morgan fingerprint density at radius 2 is 1.91 bits per heavy atom. The summed E-state index contributed by atoms with van der Waals surface area (Å²) in [7, 11) is -0.543. The molecule has 0 spiro atoms. The van der Waals surface area contributed by atoms with E-state index in [4.69, 9.17) is 5.73 Å². The van der Waals surface area contributed by atoms with Gasteiger partial charge in [0.1, 0.15) is 10.6 Å². The van der Waals surface area contributed by atoms with Gasteiger partial charge in [0, 0.05) is 39.3 Å². The molecule has 1 aliphatic rings. The number of amides is 2. The summed E-state index contributed by atoms with van der Waals surface area (Å²) in [5.41, 5.74) is 5.34. The maximum Gasteiger partial charge on any atom is 0.265 e. The number of nitrogens with two attached hydrogens (primary N) is 1. The fourth-order valence-corrected chi connectivity index (χ4v) is 4.17. The van der Waals surface area contributed by atoms with Crippen molar-refractivity contribution < 1.29 is 18.0 Å². The van der Waals surface area contributed by atoms with Crippen LogP contribution in [0.2, 0.25) is 0 Å². The van der Waals surface area contributed by atoms with Crippen LogP contribution in [-0.4, -0.2) is 49.2 Å². The Morgan fingerprint density at radius 1 is 1.32 bits per heavy atom. The van der Waals surface area contributed by atoms with Gasteiger partial charge < -0.3 is 15.6 Å². The topological polar surface area (TPSA) is 114 Å². The summed E-state index contributed by atoms with van der Waals surface area (Å²) in [6, 6.07) is 1.28. The molecular formula is C13H20N4O4S. The number of nitrogens with one attached hydrogen (secondary N) is 1. The second kappa shape index (κ2) is 6.09. The highest BCUT2D eigenvalue weighted by molar-refractivity contribution is 7.89. The molecule has 0 aromatic carbocycles. The van der Waals surface area contributed by atoms with E-state index in [0.29, 0.717) is 12.8 Å². The summed E-state index contributed by atoms with van der Waals surface area (Å²) in [6.07, 6.45) is 2.34. The molecule has 1 aromatic heterocycles. The van der Waals surface area contributed by atoms with Crippen LogP contribution in [-0.2, 0) is 21.9 Å². The van der Waals surface area contributed by atoms with E-state index in [1.54, 1.807) is 14.1 Å². The molecule has 1 aromatic rings. The lowest BCUT2D eigenvalue weighted by Crippen LogP contribution is -2.42. The summed E-state index contributed by atoms with van der Waals surface area (Å²) < 4.78 is 27.9. The van der Waals surface area contributed by atoms with E-state index < -0.39 is 15.9 Å². The first kappa shape index (κ1) is 16.5. The molecule has 0 aliphatic carbocycles. The van der Waals surface area contributed by atoms with Crippen LogP contribution in [0.15, 0.2) is 17.2 Å². The summed E-state index contributed by atoms with van der Waals surface area (Å²) in [4.78, 5) is 22.9. The number of piperidine rings is 1. The number of nitrogens with zero attached hydrogens (tertiary/aromatic N) is 2. The standard InChI is InChI=1S/C13H20N4O4S/c1-15-13(19)9-3-5-17(6-4-9)22(20,21)10-7-11(12(14)18)16(2)8-10/h7-9H,3-6H2,1-2H3,(H2,14,18)(H,15,19). The van der Waals surface area contributed by atoms with Crippen LogP contribution in [0.3, 0.4) is 0 Å².